The number of anilines is 1. The van der Waals surface area contributed by atoms with Crippen LogP contribution in [0.4, 0.5) is 5.69 Å². The summed E-state index contributed by atoms with van der Waals surface area (Å²) in [7, 11) is 5.28. The molecule has 146 valence electrons. The van der Waals surface area contributed by atoms with Gasteiger partial charge in [-0.15, -0.1) is 0 Å². The Morgan fingerprint density at radius 3 is 2.63 bits per heavy atom. The summed E-state index contributed by atoms with van der Waals surface area (Å²) in [5.74, 6) is 0.239. The summed E-state index contributed by atoms with van der Waals surface area (Å²) in [5.41, 5.74) is 1.34. The van der Waals surface area contributed by atoms with E-state index in [-0.39, 0.29) is 42.8 Å². The molecule has 27 heavy (non-hydrogen) atoms. The van der Waals surface area contributed by atoms with Gasteiger partial charge in [-0.1, -0.05) is 0 Å². The highest BCUT2D eigenvalue weighted by molar-refractivity contribution is 5.95. The van der Waals surface area contributed by atoms with Gasteiger partial charge < -0.3 is 25.2 Å². The van der Waals surface area contributed by atoms with Crippen molar-refractivity contribution in [2.75, 3.05) is 39.2 Å². The van der Waals surface area contributed by atoms with Crippen LogP contribution in [0.5, 0.6) is 5.75 Å². The van der Waals surface area contributed by atoms with Crippen LogP contribution >= 0.6 is 0 Å². The minimum Gasteiger partial charge on any atom is -0.489 e. The van der Waals surface area contributed by atoms with Gasteiger partial charge in [0.25, 0.3) is 5.91 Å². The predicted molar refractivity (Wildman–Crippen MR) is 101 cm³/mol. The van der Waals surface area contributed by atoms with E-state index in [4.69, 9.17) is 4.74 Å². The molecule has 8 heteroatoms. The molecule has 3 amide bonds. The standard InChI is InChI=1S/C19H26N4O4/c1-22(2)19(26)12-4-7-16-15(8-12)23(3)14(11-27-16)9-17(24)20-10-18(25)21-13-5-6-13/h4,7-8,13-14H,5-6,9-11H2,1-3H3,(H,20,24)(H,21,25). The predicted octanol–water partition coefficient (Wildman–Crippen LogP) is 0.371. The first kappa shape index (κ1) is 19.0. The van der Waals surface area contributed by atoms with Crippen molar-refractivity contribution in [2.45, 2.75) is 31.3 Å². The molecule has 1 unspecified atom stereocenters. The zero-order valence-corrected chi connectivity index (χ0v) is 15.9. The van der Waals surface area contributed by atoms with Gasteiger partial charge >= 0.3 is 0 Å². The highest BCUT2D eigenvalue weighted by Crippen LogP contribution is 2.34. The highest BCUT2D eigenvalue weighted by atomic mass is 16.5. The molecule has 0 aromatic heterocycles. The minimum absolute atomic E-state index is 0.00923. The van der Waals surface area contributed by atoms with Gasteiger partial charge in [0.1, 0.15) is 12.4 Å². The number of amides is 3. The van der Waals surface area contributed by atoms with E-state index in [1.165, 1.54) is 4.90 Å². The fourth-order valence-corrected chi connectivity index (χ4v) is 2.97. The number of carbonyl (C=O) groups excluding carboxylic acids is 3. The second-order valence-corrected chi connectivity index (χ2v) is 7.28. The maximum absolute atomic E-state index is 12.2. The lowest BCUT2D eigenvalue weighted by Crippen LogP contribution is -2.45. The number of carbonyl (C=O) groups is 3. The molecule has 2 aliphatic rings. The highest BCUT2D eigenvalue weighted by Gasteiger charge is 2.28. The lowest BCUT2D eigenvalue weighted by atomic mass is 10.1. The number of likely N-dealkylation sites (N-methyl/N-ethyl adjacent to an activating group) is 1. The Kier molecular flexibility index (Phi) is 5.53. The molecule has 0 spiro atoms. The van der Waals surface area contributed by atoms with E-state index in [1.54, 1.807) is 32.3 Å². The van der Waals surface area contributed by atoms with Crippen LogP contribution in [0.15, 0.2) is 18.2 Å². The third-order valence-corrected chi connectivity index (χ3v) is 4.78. The monoisotopic (exact) mass is 374 g/mol. The molecule has 1 atom stereocenters. The molecule has 1 heterocycles. The Morgan fingerprint density at radius 2 is 1.96 bits per heavy atom. The van der Waals surface area contributed by atoms with Gasteiger partial charge in [-0.05, 0) is 31.0 Å². The molecule has 1 aromatic carbocycles. The number of fused-ring (bicyclic) bond motifs is 1. The summed E-state index contributed by atoms with van der Waals surface area (Å²) in [6.45, 7) is 0.358. The molecule has 0 bridgehead atoms. The second kappa shape index (κ2) is 7.85. The lowest BCUT2D eigenvalue weighted by molar-refractivity contribution is -0.126. The van der Waals surface area contributed by atoms with Crippen LogP contribution < -0.4 is 20.3 Å². The van der Waals surface area contributed by atoms with Crippen molar-refractivity contribution in [1.29, 1.82) is 0 Å². The van der Waals surface area contributed by atoms with Crippen LogP contribution in [0.1, 0.15) is 29.6 Å². The van der Waals surface area contributed by atoms with Gasteiger partial charge in [-0.25, -0.2) is 0 Å². The van der Waals surface area contributed by atoms with Gasteiger partial charge in [0.2, 0.25) is 11.8 Å². The molecule has 8 nitrogen and oxygen atoms in total. The maximum Gasteiger partial charge on any atom is 0.253 e. The molecular weight excluding hydrogens is 348 g/mol. The molecule has 2 N–H and O–H groups in total. The largest absolute Gasteiger partial charge is 0.489 e. The van der Waals surface area contributed by atoms with Crippen molar-refractivity contribution in [3.63, 3.8) is 0 Å². The number of ether oxygens (including phenoxy) is 1. The first-order chi connectivity index (χ1) is 12.8. The number of nitrogens with one attached hydrogen (secondary N) is 2. The average molecular weight is 374 g/mol. The van der Waals surface area contributed by atoms with E-state index >= 15 is 0 Å². The molecule has 1 fully saturated rings. The summed E-state index contributed by atoms with van der Waals surface area (Å²) in [6.07, 6.45) is 2.24. The van der Waals surface area contributed by atoms with E-state index in [1.807, 2.05) is 11.9 Å². The number of nitrogens with zero attached hydrogens (tertiary/aromatic N) is 2. The quantitative estimate of drug-likeness (QED) is 0.751. The first-order valence-electron chi connectivity index (χ1n) is 9.12. The van der Waals surface area contributed by atoms with Crippen LogP contribution in [0, 0.1) is 0 Å². The summed E-state index contributed by atoms with van der Waals surface area (Å²) >= 11 is 0. The summed E-state index contributed by atoms with van der Waals surface area (Å²) < 4.78 is 5.76. The van der Waals surface area contributed by atoms with Crippen LogP contribution in [-0.2, 0) is 9.59 Å². The van der Waals surface area contributed by atoms with E-state index < -0.39 is 0 Å². The summed E-state index contributed by atoms with van der Waals surface area (Å²) in [5, 5.41) is 5.49. The molecule has 1 aliphatic heterocycles. The Hall–Kier alpha value is -2.77. The van der Waals surface area contributed by atoms with E-state index in [0.29, 0.717) is 17.9 Å². The number of rotatable bonds is 6. The van der Waals surface area contributed by atoms with Crippen molar-refractivity contribution in [3.05, 3.63) is 23.8 Å². The molecule has 0 saturated heterocycles. The fraction of sp³-hybridized carbons (Fsp3) is 0.526. The average Bonchev–Trinajstić information content (AvgIpc) is 3.45. The molecule has 1 aliphatic carbocycles. The van der Waals surface area contributed by atoms with Crippen molar-refractivity contribution in [3.8, 4) is 5.75 Å². The maximum atomic E-state index is 12.2. The number of hydrogen-bond donors (Lipinski definition) is 2. The summed E-state index contributed by atoms with van der Waals surface area (Å²) in [6, 6.07) is 5.41. The van der Waals surface area contributed by atoms with Gasteiger partial charge in [-0.3, -0.25) is 14.4 Å². The second-order valence-electron chi connectivity index (χ2n) is 7.28. The Bertz CT molecular complexity index is 745. The van der Waals surface area contributed by atoms with Crippen molar-refractivity contribution < 1.29 is 19.1 Å². The Morgan fingerprint density at radius 1 is 1.22 bits per heavy atom. The molecule has 0 radical (unpaired) electrons. The van der Waals surface area contributed by atoms with Crippen molar-refractivity contribution in [1.82, 2.24) is 15.5 Å². The normalized spacial score (nSPS) is 18.2. The number of hydrogen-bond acceptors (Lipinski definition) is 5. The van der Waals surface area contributed by atoms with Crippen LogP contribution in [-0.4, -0.2) is 69.0 Å². The van der Waals surface area contributed by atoms with Gasteiger partial charge in [0, 0.05) is 32.7 Å². The smallest absolute Gasteiger partial charge is 0.253 e. The van der Waals surface area contributed by atoms with Gasteiger partial charge in [-0.2, -0.15) is 0 Å². The SMILES string of the molecule is CN(C)C(=O)c1ccc2c(c1)N(C)C(CC(=O)NCC(=O)NC1CC1)CO2. The lowest BCUT2D eigenvalue weighted by Gasteiger charge is -2.35. The molecule has 3 rings (SSSR count). The van der Waals surface area contributed by atoms with Crippen molar-refractivity contribution >= 4 is 23.4 Å². The summed E-state index contributed by atoms with van der Waals surface area (Å²) in [4.78, 5) is 39.5. The molecule has 1 saturated carbocycles. The van der Waals surface area contributed by atoms with Gasteiger partial charge in [0.05, 0.1) is 24.7 Å². The zero-order chi connectivity index (χ0) is 19.6. The first-order valence-corrected chi connectivity index (χ1v) is 9.12. The minimum atomic E-state index is -0.203. The zero-order valence-electron chi connectivity index (χ0n) is 15.9. The fourth-order valence-electron chi connectivity index (χ4n) is 2.97. The van der Waals surface area contributed by atoms with E-state index in [9.17, 15) is 14.4 Å². The van der Waals surface area contributed by atoms with Crippen LogP contribution in [0.25, 0.3) is 0 Å². The van der Waals surface area contributed by atoms with Crippen molar-refractivity contribution in [2.24, 2.45) is 0 Å². The van der Waals surface area contributed by atoms with Crippen LogP contribution in [0.3, 0.4) is 0 Å². The Labute approximate surface area is 158 Å². The van der Waals surface area contributed by atoms with Crippen LogP contribution in [0.2, 0.25) is 0 Å². The molecular formula is C19H26N4O4. The van der Waals surface area contributed by atoms with Gasteiger partial charge in [0.15, 0.2) is 0 Å². The van der Waals surface area contributed by atoms with E-state index in [2.05, 4.69) is 10.6 Å². The third kappa shape index (κ3) is 4.69. The number of benzene rings is 1. The van der Waals surface area contributed by atoms with E-state index in [0.717, 1.165) is 18.5 Å². The third-order valence-electron chi connectivity index (χ3n) is 4.78. The molecule has 1 aromatic rings. The topological polar surface area (TPSA) is 91.0 Å². The Balaban J connectivity index is 1.58.